The average molecular weight is 373 g/mol. The molecular weight excluding hydrogens is 349 g/mol. The maximum Gasteiger partial charge on any atom is 0.267 e. The normalized spacial score (nSPS) is 15.2. The average Bonchev–Trinajstić information content (AvgIpc) is 2.92. The maximum atomic E-state index is 13.4. The van der Waals surface area contributed by atoms with Gasteiger partial charge < -0.3 is 10.1 Å². The summed E-state index contributed by atoms with van der Waals surface area (Å²) < 4.78 is 19.7. The second-order valence-corrected chi connectivity index (χ2v) is 6.82. The lowest BCUT2D eigenvalue weighted by atomic mass is 10.1. The number of amides is 1. The summed E-state index contributed by atoms with van der Waals surface area (Å²) in [5, 5.41) is 7.28. The first-order valence-electron chi connectivity index (χ1n) is 9.28. The van der Waals surface area contributed by atoms with Crippen LogP contribution in [0.5, 0.6) is 5.75 Å². The number of aromatic nitrogens is 2. The van der Waals surface area contributed by atoms with Gasteiger partial charge in [-0.3, -0.25) is 9.59 Å². The number of rotatable bonds is 5. The molecule has 0 saturated heterocycles. The highest BCUT2D eigenvalue weighted by Gasteiger charge is 2.16. The lowest BCUT2D eigenvalue weighted by Gasteiger charge is -2.16. The van der Waals surface area contributed by atoms with E-state index in [-0.39, 0.29) is 24.1 Å². The van der Waals surface area contributed by atoms with E-state index in [2.05, 4.69) is 10.4 Å². The van der Waals surface area contributed by atoms with Crippen LogP contribution in [0.1, 0.15) is 38.5 Å². The zero-order chi connectivity index (χ0) is 19.2. The molecule has 0 aliphatic heterocycles. The molecule has 0 bridgehead atoms. The van der Waals surface area contributed by atoms with Gasteiger partial charge in [-0.05, 0) is 31.0 Å². The standard InChI is InChI=1S/C20H24FN3O3/c1-27-18-12-14(21)8-9-16(18)17-10-11-20(26)24(23-17)13-19(25)22-15-6-4-2-3-5-7-15/h8-12,15H,2-7,13H2,1H3,(H,22,25). The van der Waals surface area contributed by atoms with E-state index in [1.165, 1.54) is 50.3 Å². The van der Waals surface area contributed by atoms with Gasteiger partial charge >= 0.3 is 0 Å². The van der Waals surface area contributed by atoms with E-state index in [1.807, 2.05) is 0 Å². The van der Waals surface area contributed by atoms with Crippen molar-refractivity contribution in [2.24, 2.45) is 0 Å². The van der Waals surface area contributed by atoms with Crippen LogP contribution in [0.15, 0.2) is 35.1 Å². The highest BCUT2D eigenvalue weighted by atomic mass is 19.1. The molecule has 7 heteroatoms. The van der Waals surface area contributed by atoms with Crippen molar-refractivity contribution in [1.82, 2.24) is 15.1 Å². The zero-order valence-corrected chi connectivity index (χ0v) is 15.4. The van der Waals surface area contributed by atoms with Crippen LogP contribution in [-0.4, -0.2) is 28.8 Å². The number of carbonyl (C=O) groups is 1. The van der Waals surface area contributed by atoms with Crippen LogP contribution in [-0.2, 0) is 11.3 Å². The SMILES string of the molecule is COc1cc(F)ccc1-c1ccc(=O)n(CC(=O)NC2CCCCCC2)n1. The summed E-state index contributed by atoms with van der Waals surface area (Å²) >= 11 is 0. The molecule has 0 unspecified atom stereocenters. The number of hydrogen-bond acceptors (Lipinski definition) is 4. The first kappa shape index (κ1) is 19.1. The third kappa shape index (κ3) is 4.93. The van der Waals surface area contributed by atoms with Gasteiger partial charge in [0.1, 0.15) is 18.1 Å². The second kappa shape index (κ2) is 8.79. The van der Waals surface area contributed by atoms with Gasteiger partial charge in [0.15, 0.2) is 0 Å². The van der Waals surface area contributed by atoms with Gasteiger partial charge in [-0.15, -0.1) is 0 Å². The molecule has 144 valence electrons. The van der Waals surface area contributed by atoms with Crippen molar-refractivity contribution in [3.63, 3.8) is 0 Å². The molecule has 27 heavy (non-hydrogen) atoms. The molecule has 0 radical (unpaired) electrons. The fraction of sp³-hybridized carbons (Fsp3) is 0.450. The third-order valence-electron chi connectivity index (χ3n) is 4.82. The van der Waals surface area contributed by atoms with E-state index in [4.69, 9.17) is 4.74 Å². The molecule has 3 rings (SSSR count). The molecule has 1 aliphatic rings. The Hall–Kier alpha value is -2.70. The summed E-state index contributed by atoms with van der Waals surface area (Å²) in [6, 6.07) is 7.15. The molecule has 0 spiro atoms. The number of nitrogens with zero attached hydrogens (tertiary/aromatic N) is 2. The van der Waals surface area contributed by atoms with Crippen molar-refractivity contribution >= 4 is 5.91 Å². The summed E-state index contributed by atoms with van der Waals surface area (Å²) in [6.07, 6.45) is 6.58. The van der Waals surface area contributed by atoms with Crippen LogP contribution < -0.4 is 15.6 Å². The topological polar surface area (TPSA) is 73.2 Å². The molecule has 2 aromatic rings. The predicted octanol–water partition coefficient (Wildman–Crippen LogP) is 2.90. The monoisotopic (exact) mass is 373 g/mol. The van der Waals surface area contributed by atoms with E-state index >= 15 is 0 Å². The maximum absolute atomic E-state index is 13.4. The number of benzene rings is 1. The Balaban J connectivity index is 1.77. The molecule has 1 fully saturated rings. The fourth-order valence-electron chi connectivity index (χ4n) is 3.42. The minimum absolute atomic E-state index is 0.146. The van der Waals surface area contributed by atoms with Gasteiger partial charge in [0.05, 0.1) is 12.8 Å². The molecule has 1 aliphatic carbocycles. The van der Waals surface area contributed by atoms with E-state index in [0.29, 0.717) is 17.0 Å². The minimum atomic E-state index is -0.424. The van der Waals surface area contributed by atoms with Gasteiger partial charge in [0.25, 0.3) is 5.56 Å². The van der Waals surface area contributed by atoms with Crippen molar-refractivity contribution in [3.8, 4) is 17.0 Å². The summed E-state index contributed by atoms with van der Waals surface area (Å²) in [4.78, 5) is 24.5. The van der Waals surface area contributed by atoms with E-state index in [0.717, 1.165) is 30.4 Å². The molecule has 1 saturated carbocycles. The van der Waals surface area contributed by atoms with Crippen molar-refractivity contribution < 1.29 is 13.9 Å². The molecule has 1 N–H and O–H groups in total. The molecule has 1 aromatic carbocycles. The smallest absolute Gasteiger partial charge is 0.267 e. The number of nitrogens with one attached hydrogen (secondary N) is 1. The van der Waals surface area contributed by atoms with Crippen molar-refractivity contribution in [2.75, 3.05) is 7.11 Å². The van der Waals surface area contributed by atoms with Crippen molar-refractivity contribution in [2.45, 2.75) is 51.1 Å². The number of carbonyl (C=O) groups excluding carboxylic acids is 1. The number of halogens is 1. The Morgan fingerprint density at radius 2 is 1.96 bits per heavy atom. The number of ether oxygens (including phenoxy) is 1. The Labute approximate surface area is 157 Å². The molecule has 6 nitrogen and oxygen atoms in total. The number of hydrogen-bond donors (Lipinski definition) is 1. The van der Waals surface area contributed by atoms with Crippen LogP contribution in [0.3, 0.4) is 0 Å². The summed E-state index contributed by atoms with van der Waals surface area (Å²) in [5.74, 6) is -0.331. The van der Waals surface area contributed by atoms with Gasteiger partial charge in [0.2, 0.25) is 5.91 Å². The minimum Gasteiger partial charge on any atom is -0.496 e. The molecular formula is C20H24FN3O3. The van der Waals surface area contributed by atoms with Crippen LogP contribution in [0.2, 0.25) is 0 Å². The largest absolute Gasteiger partial charge is 0.496 e. The van der Waals surface area contributed by atoms with Gasteiger partial charge in [-0.1, -0.05) is 25.7 Å². The summed E-state index contributed by atoms with van der Waals surface area (Å²) in [7, 11) is 1.44. The Morgan fingerprint density at radius 1 is 1.22 bits per heavy atom. The quantitative estimate of drug-likeness (QED) is 0.818. The lowest BCUT2D eigenvalue weighted by Crippen LogP contribution is -2.39. The molecule has 1 aromatic heterocycles. The zero-order valence-electron chi connectivity index (χ0n) is 15.4. The highest BCUT2D eigenvalue weighted by molar-refractivity contribution is 5.76. The van der Waals surface area contributed by atoms with Crippen LogP contribution in [0, 0.1) is 5.82 Å². The lowest BCUT2D eigenvalue weighted by molar-refractivity contribution is -0.122. The van der Waals surface area contributed by atoms with Crippen LogP contribution in [0.4, 0.5) is 4.39 Å². The van der Waals surface area contributed by atoms with Gasteiger partial charge in [-0.2, -0.15) is 5.10 Å². The molecule has 1 heterocycles. The Morgan fingerprint density at radius 3 is 2.67 bits per heavy atom. The van der Waals surface area contributed by atoms with Gasteiger partial charge in [0, 0.05) is 23.7 Å². The fourth-order valence-corrected chi connectivity index (χ4v) is 3.42. The van der Waals surface area contributed by atoms with Crippen LogP contribution >= 0.6 is 0 Å². The first-order valence-corrected chi connectivity index (χ1v) is 9.28. The van der Waals surface area contributed by atoms with Crippen LogP contribution in [0.25, 0.3) is 11.3 Å². The van der Waals surface area contributed by atoms with Gasteiger partial charge in [-0.25, -0.2) is 9.07 Å². The van der Waals surface area contributed by atoms with E-state index in [1.54, 1.807) is 0 Å². The third-order valence-corrected chi connectivity index (χ3v) is 4.82. The predicted molar refractivity (Wildman–Crippen MR) is 100 cm³/mol. The first-order chi connectivity index (χ1) is 13.1. The van der Waals surface area contributed by atoms with Crippen molar-refractivity contribution in [1.29, 1.82) is 0 Å². The van der Waals surface area contributed by atoms with Crippen molar-refractivity contribution in [3.05, 3.63) is 46.5 Å². The van der Waals surface area contributed by atoms with E-state index in [9.17, 15) is 14.0 Å². The highest BCUT2D eigenvalue weighted by Crippen LogP contribution is 2.28. The summed E-state index contributed by atoms with van der Waals surface area (Å²) in [6.45, 7) is -0.146. The van der Waals surface area contributed by atoms with E-state index < -0.39 is 5.82 Å². The molecule has 0 atom stereocenters. The molecule has 1 amide bonds. The second-order valence-electron chi connectivity index (χ2n) is 6.82. The Bertz CT molecular complexity index is 858. The summed E-state index contributed by atoms with van der Waals surface area (Å²) in [5.41, 5.74) is 0.626. The Kier molecular flexibility index (Phi) is 6.21. The number of methoxy groups -OCH3 is 1.